The molecule has 0 spiro atoms. The topological polar surface area (TPSA) is 70.7 Å². The summed E-state index contributed by atoms with van der Waals surface area (Å²) in [7, 11) is 0. The maximum absolute atomic E-state index is 9.28. The largest absolute Gasteiger partial charge is 0.393 e. The fourth-order valence-corrected chi connectivity index (χ4v) is 1.10. The van der Waals surface area contributed by atoms with Crippen LogP contribution in [-0.4, -0.2) is 31.4 Å². The molecule has 0 radical (unpaired) electrons. The molecule has 2 rings (SSSR count). The minimum atomic E-state index is -0.929. The third-order valence-electron chi connectivity index (χ3n) is 1.77. The molecule has 0 amide bonds. The molecule has 0 aliphatic rings. The van der Waals surface area contributed by atoms with Gasteiger partial charge in [-0.25, -0.2) is 9.50 Å². The van der Waals surface area contributed by atoms with Crippen LogP contribution in [0.2, 0.25) is 0 Å². The van der Waals surface area contributed by atoms with Gasteiger partial charge in [0.2, 0.25) is 0 Å². The Bertz CT molecular complexity index is 379. The van der Waals surface area contributed by atoms with Crippen LogP contribution in [0.25, 0.3) is 5.65 Å². The highest BCUT2D eigenvalue weighted by atomic mass is 16.3. The van der Waals surface area contributed by atoms with Crippen LogP contribution in [0.15, 0.2) is 24.5 Å². The van der Waals surface area contributed by atoms with Crippen molar-refractivity contribution in [3.8, 4) is 0 Å². The molecule has 5 nitrogen and oxygen atoms in total. The van der Waals surface area contributed by atoms with Crippen molar-refractivity contribution in [2.45, 2.75) is 6.10 Å². The van der Waals surface area contributed by atoms with Crippen molar-refractivity contribution in [3.05, 3.63) is 30.2 Å². The van der Waals surface area contributed by atoms with Crippen molar-refractivity contribution in [3.63, 3.8) is 0 Å². The third kappa shape index (κ3) is 1.39. The predicted molar refractivity (Wildman–Crippen MR) is 45.0 cm³/mol. The molecule has 0 saturated carbocycles. The molecule has 2 aromatic rings. The van der Waals surface area contributed by atoms with E-state index in [4.69, 9.17) is 5.11 Å². The molecule has 1 atom stereocenters. The van der Waals surface area contributed by atoms with Gasteiger partial charge in [0.1, 0.15) is 6.10 Å². The highest BCUT2D eigenvalue weighted by Gasteiger charge is 2.10. The Morgan fingerprint density at radius 1 is 1.54 bits per heavy atom. The lowest BCUT2D eigenvalue weighted by Gasteiger charge is -1.99. The zero-order chi connectivity index (χ0) is 9.26. The van der Waals surface area contributed by atoms with Gasteiger partial charge in [-0.3, -0.25) is 0 Å². The van der Waals surface area contributed by atoms with Gasteiger partial charge in [-0.1, -0.05) is 0 Å². The van der Waals surface area contributed by atoms with Gasteiger partial charge in [-0.2, -0.15) is 5.10 Å². The van der Waals surface area contributed by atoms with Crippen LogP contribution in [0.4, 0.5) is 0 Å². The zero-order valence-electron chi connectivity index (χ0n) is 6.83. The molecule has 0 aliphatic carbocycles. The number of rotatable bonds is 2. The number of fused-ring (bicyclic) bond motifs is 1. The Balaban J connectivity index is 2.49. The first-order valence-electron chi connectivity index (χ1n) is 3.90. The van der Waals surface area contributed by atoms with Crippen LogP contribution in [0.1, 0.15) is 11.8 Å². The van der Waals surface area contributed by atoms with Crippen molar-refractivity contribution in [2.24, 2.45) is 0 Å². The Labute approximate surface area is 74.3 Å². The highest BCUT2D eigenvalue weighted by Crippen LogP contribution is 2.11. The molecule has 0 saturated heterocycles. The Morgan fingerprint density at radius 2 is 2.38 bits per heavy atom. The van der Waals surface area contributed by atoms with Gasteiger partial charge in [0.05, 0.1) is 12.3 Å². The number of hydrogen-bond acceptors (Lipinski definition) is 4. The summed E-state index contributed by atoms with van der Waals surface area (Å²) in [5.41, 5.74) is 1.09. The Hall–Kier alpha value is -1.46. The summed E-state index contributed by atoms with van der Waals surface area (Å²) >= 11 is 0. The second-order valence-electron chi connectivity index (χ2n) is 2.69. The molecule has 2 aromatic heterocycles. The number of aliphatic hydroxyl groups excluding tert-OH is 2. The van der Waals surface area contributed by atoms with Gasteiger partial charge in [-0.15, -0.1) is 0 Å². The van der Waals surface area contributed by atoms with Crippen LogP contribution in [0.5, 0.6) is 0 Å². The van der Waals surface area contributed by atoms with Gasteiger partial charge < -0.3 is 10.2 Å². The average molecular weight is 179 g/mol. The fourth-order valence-electron chi connectivity index (χ4n) is 1.10. The van der Waals surface area contributed by atoms with Crippen molar-refractivity contribution in [2.75, 3.05) is 6.61 Å². The first-order chi connectivity index (χ1) is 6.31. The molecule has 0 aromatic carbocycles. The summed E-state index contributed by atoms with van der Waals surface area (Å²) in [4.78, 5) is 4.03. The summed E-state index contributed by atoms with van der Waals surface area (Å²) in [6.07, 6.45) is 2.45. The summed E-state index contributed by atoms with van der Waals surface area (Å²) < 4.78 is 1.55. The van der Waals surface area contributed by atoms with Gasteiger partial charge in [0, 0.05) is 18.5 Å². The van der Waals surface area contributed by atoms with Gasteiger partial charge in [0.25, 0.3) is 0 Å². The van der Waals surface area contributed by atoms with Crippen LogP contribution >= 0.6 is 0 Å². The highest BCUT2D eigenvalue weighted by molar-refractivity contribution is 5.38. The van der Waals surface area contributed by atoms with E-state index in [0.29, 0.717) is 11.3 Å². The summed E-state index contributed by atoms with van der Waals surface area (Å²) in [6.45, 7) is -0.329. The number of aromatic nitrogens is 3. The van der Waals surface area contributed by atoms with Crippen LogP contribution < -0.4 is 0 Å². The predicted octanol–water partition coefficient (Wildman–Crippen LogP) is -0.245. The van der Waals surface area contributed by atoms with Crippen molar-refractivity contribution >= 4 is 5.65 Å². The van der Waals surface area contributed by atoms with E-state index in [1.807, 2.05) is 0 Å². The van der Waals surface area contributed by atoms with Crippen molar-refractivity contribution in [1.82, 2.24) is 14.6 Å². The van der Waals surface area contributed by atoms with Gasteiger partial charge in [-0.05, 0) is 6.07 Å². The Kier molecular flexibility index (Phi) is 1.96. The molecule has 5 heteroatoms. The number of nitrogens with zero attached hydrogens (tertiary/aromatic N) is 3. The Morgan fingerprint density at radius 3 is 3.08 bits per heavy atom. The second kappa shape index (κ2) is 3.12. The minimum Gasteiger partial charge on any atom is -0.393 e. The van der Waals surface area contributed by atoms with Crippen molar-refractivity contribution < 1.29 is 10.2 Å². The molecular formula is C8H9N3O2. The molecule has 13 heavy (non-hydrogen) atoms. The third-order valence-corrected chi connectivity index (χ3v) is 1.77. The van der Waals surface area contributed by atoms with Crippen LogP contribution in [-0.2, 0) is 0 Å². The standard InChI is InChI=1S/C8H9N3O2/c12-5-7(13)6-4-8-9-2-1-3-11(8)10-6/h1-4,7,12-13H,5H2. The van der Waals surface area contributed by atoms with E-state index >= 15 is 0 Å². The average Bonchev–Trinajstić information content (AvgIpc) is 2.59. The van der Waals surface area contributed by atoms with E-state index in [1.165, 1.54) is 0 Å². The maximum atomic E-state index is 9.28. The SMILES string of the molecule is OCC(O)c1cc2ncccn2n1. The van der Waals surface area contributed by atoms with E-state index in [-0.39, 0.29) is 6.61 Å². The fraction of sp³-hybridized carbons (Fsp3) is 0.250. The monoisotopic (exact) mass is 179 g/mol. The molecule has 2 N–H and O–H groups in total. The van der Waals surface area contributed by atoms with Crippen LogP contribution in [0, 0.1) is 0 Å². The molecule has 0 bridgehead atoms. The van der Waals surface area contributed by atoms with Gasteiger partial charge >= 0.3 is 0 Å². The molecule has 0 aliphatic heterocycles. The number of aliphatic hydroxyl groups is 2. The zero-order valence-corrected chi connectivity index (χ0v) is 6.83. The lowest BCUT2D eigenvalue weighted by molar-refractivity contribution is 0.0920. The first kappa shape index (κ1) is 8.15. The minimum absolute atomic E-state index is 0.329. The first-order valence-corrected chi connectivity index (χ1v) is 3.90. The van der Waals surface area contributed by atoms with Gasteiger partial charge in [0.15, 0.2) is 5.65 Å². The van der Waals surface area contributed by atoms with Crippen molar-refractivity contribution in [1.29, 1.82) is 0 Å². The molecular weight excluding hydrogens is 170 g/mol. The summed E-state index contributed by atoms with van der Waals surface area (Å²) in [5.74, 6) is 0. The molecule has 2 heterocycles. The van der Waals surface area contributed by atoms with E-state index in [2.05, 4.69) is 10.1 Å². The second-order valence-corrected chi connectivity index (χ2v) is 2.69. The van der Waals surface area contributed by atoms with E-state index in [1.54, 1.807) is 29.0 Å². The van der Waals surface area contributed by atoms with E-state index in [0.717, 1.165) is 0 Å². The lowest BCUT2D eigenvalue weighted by atomic mass is 10.3. The summed E-state index contributed by atoms with van der Waals surface area (Å²) in [5, 5.41) is 22.0. The smallest absolute Gasteiger partial charge is 0.155 e. The molecule has 1 unspecified atom stereocenters. The van der Waals surface area contributed by atoms with E-state index < -0.39 is 6.10 Å². The molecule has 0 fully saturated rings. The number of hydrogen-bond donors (Lipinski definition) is 2. The lowest BCUT2D eigenvalue weighted by Crippen LogP contribution is -2.03. The summed E-state index contributed by atoms with van der Waals surface area (Å²) in [6, 6.07) is 3.38. The molecule has 68 valence electrons. The van der Waals surface area contributed by atoms with E-state index in [9.17, 15) is 5.11 Å². The maximum Gasteiger partial charge on any atom is 0.155 e. The normalized spacial score (nSPS) is 13.4. The quantitative estimate of drug-likeness (QED) is 0.667. The van der Waals surface area contributed by atoms with Crippen LogP contribution in [0.3, 0.4) is 0 Å².